The molecule has 7 N–H and O–H groups in total. The van der Waals surface area contributed by atoms with E-state index >= 15 is 0 Å². The van der Waals surface area contributed by atoms with Crippen LogP contribution in [0.15, 0.2) is 0 Å². The summed E-state index contributed by atoms with van der Waals surface area (Å²) in [6.07, 6.45) is 11.5. The van der Waals surface area contributed by atoms with Crippen molar-refractivity contribution in [3.8, 4) is 0 Å². The predicted molar refractivity (Wildman–Crippen MR) is 242 cm³/mol. The summed E-state index contributed by atoms with van der Waals surface area (Å²) in [6.45, 7) is 7.21. The lowest BCUT2D eigenvalue weighted by Gasteiger charge is -2.30. The van der Waals surface area contributed by atoms with Crippen LogP contribution in [0.25, 0.3) is 0 Å². The van der Waals surface area contributed by atoms with Crippen LogP contribution in [0.4, 0.5) is 0 Å². The maximum absolute atomic E-state index is 13.0. The van der Waals surface area contributed by atoms with Gasteiger partial charge in [0, 0.05) is 50.8 Å². The number of carbonyl (C=O) groups is 8. The highest BCUT2D eigenvalue weighted by Gasteiger charge is 2.36. The van der Waals surface area contributed by atoms with Crippen molar-refractivity contribution in [1.29, 1.82) is 0 Å². The molecule has 0 saturated carbocycles. The van der Waals surface area contributed by atoms with E-state index in [1.54, 1.807) is 20.9 Å². The first-order valence-electron chi connectivity index (χ1n) is 23.6. The summed E-state index contributed by atoms with van der Waals surface area (Å²) in [6, 6.07) is -1.43. The molecule has 0 fully saturated rings. The molecule has 0 aromatic carbocycles. The minimum Gasteiger partial charge on any atom is -0.481 e. The molecule has 0 spiro atoms. The number of unbranched alkanes of at least 4 members (excludes halogenated alkanes) is 8. The van der Waals surface area contributed by atoms with Crippen LogP contribution in [-0.2, 0) is 57.3 Å². The first kappa shape index (κ1) is 61.0. The van der Waals surface area contributed by atoms with Crippen molar-refractivity contribution >= 4 is 47.2 Å². The molecule has 0 aromatic rings. The van der Waals surface area contributed by atoms with Gasteiger partial charge >= 0.3 is 17.9 Å². The van der Waals surface area contributed by atoms with Crippen molar-refractivity contribution in [3.05, 3.63) is 0 Å². The van der Waals surface area contributed by atoms with Gasteiger partial charge in [0.2, 0.25) is 17.7 Å². The van der Waals surface area contributed by atoms with E-state index in [1.807, 2.05) is 6.92 Å². The number of Topliss-reactive ketones (excluding diaryl/α,β-unsaturated/α-hetero) is 2. The molecule has 0 radical (unpaired) electrons. The fourth-order valence-corrected chi connectivity index (χ4v) is 7.02. The van der Waals surface area contributed by atoms with Crippen LogP contribution >= 0.6 is 0 Å². The van der Waals surface area contributed by atoms with E-state index in [-0.39, 0.29) is 133 Å². The number of amides is 3. The van der Waals surface area contributed by atoms with Gasteiger partial charge in [-0.25, -0.2) is 4.79 Å². The number of carboxylic acids is 3. The average molecular weight is 931 g/mol. The third-order valence-electron chi connectivity index (χ3n) is 10.7. The Morgan fingerprint density at radius 3 is 1.63 bits per heavy atom. The van der Waals surface area contributed by atoms with Gasteiger partial charge in [-0.1, -0.05) is 72.1 Å². The molecule has 0 unspecified atom stereocenters. The lowest BCUT2D eigenvalue weighted by atomic mass is 9.75. The number of ketones is 2. The molecule has 0 bridgehead atoms. The van der Waals surface area contributed by atoms with E-state index in [0.29, 0.717) is 51.5 Å². The van der Waals surface area contributed by atoms with Gasteiger partial charge in [-0.2, -0.15) is 0 Å². The van der Waals surface area contributed by atoms with Crippen molar-refractivity contribution in [3.63, 3.8) is 0 Å². The van der Waals surface area contributed by atoms with Gasteiger partial charge in [-0.15, -0.1) is 0 Å². The van der Waals surface area contributed by atoms with Crippen LogP contribution in [0.2, 0.25) is 0 Å². The van der Waals surface area contributed by atoms with Gasteiger partial charge in [0.1, 0.15) is 25.0 Å². The molecule has 0 aliphatic carbocycles. The summed E-state index contributed by atoms with van der Waals surface area (Å²) < 4.78 is 21.5. The largest absolute Gasteiger partial charge is 0.481 e. The van der Waals surface area contributed by atoms with Gasteiger partial charge in [-0.05, 0) is 58.4 Å². The highest BCUT2D eigenvalue weighted by molar-refractivity contribution is 5.89. The lowest BCUT2D eigenvalue weighted by Crippen LogP contribution is -2.43. The maximum Gasteiger partial charge on any atom is 0.326 e. The Hall–Kier alpha value is -4.04. The number of hydrogen-bond donors (Lipinski definition) is 7. The third-order valence-corrected chi connectivity index (χ3v) is 10.7. The number of hydrogen-bond acceptors (Lipinski definition) is 13. The van der Waals surface area contributed by atoms with Gasteiger partial charge in [0.15, 0.2) is 5.78 Å². The predicted octanol–water partition coefficient (Wildman–Crippen LogP) is 4.21. The molecule has 3 amide bonds. The number of ether oxygens (including phenoxy) is 4. The Bertz CT molecular complexity index is 1380. The molecule has 0 aliphatic rings. The van der Waals surface area contributed by atoms with Crippen LogP contribution in [0, 0.1) is 11.3 Å². The molecule has 19 heteroatoms. The van der Waals surface area contributed by atoms with Gasteiger partial charge in [0.25, 0.3) is 0 Å². The zero-order valence-electron chi connectivity index (χ0n) is 39.7. The van der Waals surface area contributed by atoms with Crippen molar-refractivity contribution in [2.45, 2.75) is 161 Å². The van der Waals surface area contributed by atoms with Gasteiger partial charge < -0.3 is 55.5 Å². The molecule has 0 aromatic heterocycles. The van der Waals surface area contributed by atoms with E-state index in [9.17, 15) is 48.6 Å². The molecule has 0 heterocycles. The van der Waals surface area contributed by atoms with Crippen LogP contribution in [0.3, 0.4) is 0 Å². The maximum atomic E-state index is 13.0. The number of likely N-dealkylation sites (N-methyl/N-ethyl adjacent to an activating group) is 1. The number of aliphatic carboxylic acids is 3. The topological polar surface area (TPSA) is 282 Å². The Kier molecular flexibility index (Phi) is 36.7. The molecular formula is C46H82N4O15. The SMILES string of the molecule is CCC[C@H](NC)C(=O)C(C)(C)C[C@@H](CCCCNC(=O)COCCOCCNC(=O)COCCOCCCC(=O)CC[C@H](NC(=O)CCCCCCCCCCC(=O)O)C(=O)O)C(=O)O. The monoisotopic (exact) mass is 931 g/mol. The molecule has 0 rings (SSSR count). The van der Waals surface area contributed by atoms with E-state index < -0.39 is 35.3 Å². The van der Waals surface area contributed by atoms with Crippen LogP contribution < -0.4 is 21.3 Å². The minimum atomic E-state index is -1.18. The number of carboxylic acid groups (broad SMARTS) is 3. The Balaban J connectivity index is 3.84. The molecule has 0 saturated heterocycles. The van der Waals surface area contributed by atoms with Crippen molar-refractivity contribution in [1.82, 2.24) is 21.3 Å². The molecule has 3 atom stereocenters. The first-order chi connectivity index (χ1) is 31.0. The summed E-state index contributed by atoms with van der Waals surface area (Å²) in [7, 11) is 1.74. The smallest absolute Gasteiger partial charge is 0.326 e. The Morgan fingerprint density at radius 2 is 1.08 bits per heavy atom. The molecule has 376 valence electrons. The van der Waals surface area contributed by atoms with Crippen molar-refractivity contribution < 1.29 is 72.6 Å². The van der Waals surface area contributed by atoms with E-state index in [1.165, 1.54) is 0 Å². The summed E-state index contributed by atoms with van der Waals surface area (Å²) in [5.41, 5.74) is -0.776. The van der Waals surface area contributed by atoms with Gasteiger partial charge in [0.05, 0.1) is 45.0 Å². The quantitative estimate of drug-likeness (QED) is 0.0421. The Labute approximate surface area is 385 Å². The molecule has 65 heavy (non-hydrogen) atoms. The zero-order chi connectivity index (χ0) is 48.7. The average Bonchev–Trinajstić information content (AvgIpc) is 3.25. The minimum absolute atomic E-state index is 0.00666. The van der Waals surface area contributed by atoms with Crippen LogP contribution in [0.1, 0.15) is 149 Å². The highest BCUT2D eigenvalue weighted by atomic mass is 16.5. The van der Waals surface area contributed by atoms with E-state index in [4.69, 9.17) is 24.1 Å². The normalized spacial score (nSPS) is 12.8. The third kappa shape index (κ3) is 34.9. The summed E-state index contributed by atoms with van der Waals surface area (Å²) in [4.78, 5) is 95.6. The van der Waals surface area contributed by atoms with E-state index in [0.717, 1.165) is 44.9 Å². The van der Waals surface area contributed by atoms with Crippen molar-refractivity contribution in [2.24, 2.45) is 11.3 Å². The molecule has 0 aliphatic heterocycles. The standard InChI is InChI=1S/C46H82N4O15/c1-5-17-37(47-4)43(57)46(2,3)32-35(44(58)59)18-14-15-24-48-40(53)33-65-31-29-63-27-25-49-41(54)34-64-30-28-62-26-16-19-36(51)22-23-38(45(60)61)50-39(52)20-12-10-8-6-7-9-11-13-21-42(55)56/h35,37-38,47H,5-34H2,1-4H3,(H,48,53)(H,49,54)(H,50,52)(H,55,56)(H,58,59)(H,60,61)/t35-,37+,38+/m1/s1. The second-order valence-electron chi connectivity index (χ2n) is 17.0. The lowest BCUT2D eigenvalue weighted by molar-refractivity contribution is -0.144. The van der Waals surface area contributed by atoms with Crippen LogP contribution in [0.5, 0.6) is 0 Å². The fourth-order valence-electron chi connectivity index (χ4n) is 7.02. The summed E-state index contributed by atoms with van der Waals surface area (Å²) in [5.74, 6) is -4.63. The zero-order valence-corrected chi connectivity index (χ0v) is 39.7. The first-order valence-corrected chi connectivity index (χ1v) is 23.6. The summed E-state index contributed by atoms with van der Waals surface area (Å²) >= 11 is 0. The number of nitrogens with one attached hydrogen (secondary N) is 4. The number of carbonyl (C=O) groups excluding carboxylic acids is 5. The second kappa shape index (κ2) is 39.2. The highest BCUT2D eigenvalue weighted by Crippen LogP contribution is 2.31. The van der Waals surface area contributed by atoms with E-state index in [2.05, 4.69) is 21.3 Å². The van der Waals surface area contributed by atoms with Crippen LogP contribution in [-0.4, -0.2) is 148 Å². The summed E-state index contributed by atoms with van der Waals surface area (Å²) in [5, 5.41) is 38.9. The number of rotatable bonds is 46. The fraction of sp³-hybridized carbons (Fsp3) is 0.826. The second-order valence-corrected chi connectivity index (χ2v) is 17.0. The Morgan fingerprint density at radius 1 is 0.523 bits per heavy atom. The molecule has 19 nitrogen and oxygen atoms in total. The molecular weight excluding hydrogens is 849 g/mol. The van der Waals surface area contributed by atoms with Crippen molar-refractivity contribution in [2.75, 3.05) is 73.0 Å². The van der Waals surface area contributed by atoms with Gasteiger partial charge in [-0.3, -0.25) is 33.6 Å².